The van der Waals surface area contributed by atoms with Gasteiger partial charge in [-0.2, -0.15) is 0 Å². The molecule has 0 amide bonds. The molecule has 1 N–H and O–H groups in total. The molecular formula is C15H10N4. The smallest absolute Gasteiger partial charge is 0.116 e. The van der Waals surface area contributed by atoms with E-state index in [4.69, 9.17) is 0 Å². The lowest BCUT2D eigenvalue weighted by atomic mass is 10.0. The van der Waals surface area contributed by atoms with Crippen LogP contribution in [0.5, 0.6) is 0 Å². The van der Waals surface area contributed by atoms with E-state index in [1.807, 2.05) is 30.5 Å². The van der Waals surface area contributed by atoms with Gasteiger partial charge in [-0.05, 0) is 17.7 Å². The zero-order valence-corrected chi connectivity index (χ0v) is 10.0. The van der Waals surface area contributed by atoms with Crippen molar-refractivity contribution in [1.82, 2.24) is 19.9 Å². The van der Waals surface area contributed by atoms with Crippen molar-refractivity contribution < 1.29 is 0 Å². The van der Waals surface area contributed by atoms with Crippen molar-refractivity contribution in [1.29, 1.82) is 0 Å². The van der Waals surface area contributed by atoms with Crippen LogP contribution in [0.3, 0.4) is 0 Å². The second kappa shape index (κ2) is 3.88. The molecule has 0 atom stereocenters. The number of benzene rings is 2. The number of rotatable bonds is 1. The van der Waals surface area contributed by atoms with Crippen molar-refractivity contribution in [3.8, 4) is 11.1 Å². The van der Waals surface area contributed by atoms with Crippen molar-refractivity contribution in [2.24, 2.45) is 0 Å². The molecule has 0 spiro atoms. The molecule has 2 heterocycles. The zero-order valence-electron chi connectivity index (χ0n) is 10.0. The number of aromatic nitrogens is 4. The summed E-state index contributed by atoms with van der Waals surface area (Å²) in [7, 11) is 0. The average molecular weight is 246 g/mol. The Kier molecular flexibility index (Phi) is 2.08. The summed E-state index contributed by atoms with van der Waals surface area (Å²) >= 11 is 0. The SMILES string of the molecule is c1cc(-c2cccc3[nH]cnc23)c2cncnc2c1. The summed E-state index contributed by atoms with van der Waals surface area (Å²) in [6.07, 6.45) is 5.14. The van der Waals surface area contributed by atoms with E-state index in [1.165, 1.54) is 0 Å². The fraction of sp³-hybridized carbons (Fsp3) is 0. The van der Waals surface area contributed by atoms with Gasteiger partial charge in [-0.15, -0.1) is 0 Å². The quantitative estimate of drug-likeness (QED) is 0.561. The third-order valence-electron chi connectivity index (χ3n) is 3.29. The van der Waals surface area contributed by atoms with Crippen LogP contribution in [0.25, 0.3) is 33.1 Å². The molecule has 0 aliphatic carbocycles. The lowest BCUT2D eigenvalue weighted by molar-refractivity contribution is 1.22. The highest BCUT2D eigenvalue weighted by molar-refractivity contribution is 6.01. The fourth-order valence-corrected chi connectivity index (χ4v) is 2.42. The van der Waals surface area contributed by atoms with Gasteiger partial charge in [0.2, 0.25) is 0 Å². The van der Waals surface area contributed by atoms with Crippen LogP contribution in [-0.4, -0.2) is 19.9 Å². The van der Waals surface area contributed by atoms with Gasteiger partial charge in [-0.1, -0.05) is 24.3 Å². The second-order valence-electron chi connectivity index (χ2n) is 4.37. The molecule has 19 heavy (non-hydrogen) atoms. The Morgan fingerprint density at radius 1 is 0.895 bits per heavy atom. The molecular weight excluding hydrogens is 236 g/mol. The van der Waals surface area contributed by atoms with E-state index in [2.05, 4.69) is 32.1 Å². The maximum absolute atomic E-state index is 4.41. The van der Waals surface area contributed by atoms with Crippen molar-refractivity contribution in [2.75, 3.05) is 0 Å². The monoisotopic (exact) mass is 246 g/mol. The molecule has 4 aromatic rings. The first-order chi connectivity index (χ1) is 9.43. The topological polar surface area (TPSA) is 54.5 Å². The van der Waals surface area contributed by atoms with Crippen molar-refractivity contribution in [3.05, 3.63) is 55.2 Å². The molecule has 0 radical (unpaired) electrons. The summed E-state index contributed by atoms with van der Waals surface area (Å²) in [4.78, 5) is 16.0. The van der Waals surface area contributed by atoms with Crippen LogP contribution in [0.4, 0.5) is 0 Å². The molecule has 0 saturated heterocycles. The van der Waals surface area contributed by atoms with Crippen LogP contribution in [0, 0.1) is 0 Å². The lowest BCUT2D eigenvalue weighted by Gasteiger charge is -2.06. The molecule has 0 saturated carbocycles. The van der Waals surface area contributed by atoms with Crippen molar-refractivity contribution in [2.45, 2.75) is 0 Å². The Balaban J connectivity index is 2.12. The molecule has 2 aromatic carbocycles. The maximum atomic E-state index is 4.41. The number of para-hydroxylation sites is 1. The zero-order chi connectivity index (χ0) is 12.7. The third kappa shape index (κ3) is 1.50. The van der Waals surface area contributed by atoms with E-state index in [-0.39, 0.29) is 0 Å². The van der Waals surface area contributed by atoms with E-state index in [0.29, 0.717) is 0 Å². The third-order valence-corrected chi connectivity index (χ3v) is 3.29. The predicted molar refractivity (Wildman–Crippen MR) is 74.6 cm³/mol. The van der Waals surface area contributed by atoms with E-state index in [9.17, 15) is 0 Å². The van der Waals surface area contributed by atoms with Gasteiger partial charge < -0.3 is 4.98 Å². The van der Waals surface area contributed by atoms with Gasteiger partial charge in [0.05, 0.1) is 22.9 Å². The van der Waals surface area contributed by atoms with Gasteiger partial charge in [-0.3, -0.25) is 0 Å². The summed E-state index contributed by atoms with van der Waals surface area (Å²) in [6.45, 7) is 0. The molecule has 0 fully saturated rings. The van der Waals surface area contributed by atoms with Gasteiger partial charge in [0, 0.05) is 17.1 Å². The first-order valence-corrected chi connectivity index (χ1v) is 6.05. The first kappa shape index (κ1) is 10.2. The molecule has 4 rings (SSSR count). The summed E-state index contributed by atoms with van der Waals surface area (Å²) < 4.78 is 0. The number of nitrogens with zero attached hydrogens (tertiary/aromatic N) is 3. The maximum Gasteiger partial charge on any atom is 0.116 e. The highest BCUT2D eigenvalue weighted by Crippen LogP contribution is 2.31. The summed E-state index contributed by atoms with van der Waals surface area (Å²) in [5.74, 6) is 0. The number of fused-ring (bicyclic) bond motifs is 2. The minimum Gasteiger partial charge on any atom is -0.345 e. The van der Waals surface area contributed by atoms with Crippen molar-refractivity contribution in [3.63, 3.8) is 0 Å². The number of hydrogen-bond acceptors (Lipinski definition) is 3. The highest BCUT2D eigenvalue weighted by atomic mass is 14.9. The lowest BCUT2D eigenvalue weighted by Crippen LogP contribution is -1.86. The van der Waals surface area contributed by atoms with Crippen molar-refractivity contribution >= 4 is 21.9 Å². The predicted octanol–water partition coefficient (Wildman–Crippen LogP) is 3.17. The van der Waals surface area contributed by atoms with Gasteiger partial charge in [0.15, 0.2) is 0 Å². The molecule has 2 aromatic heterocycles. The van der Waals surface area contributed by atoms with Crippen LogP contribution < -0.4 is 0 Å². The average Bonchev–Trinajstić information content (AvgIpc) is 2.95. The molecule has 0 aliphatic rings. The van der Waals surface area contributed by atoms with Gasteiger partial charge in [0.1, 0.15) is 6.33 Å². The van der Waals surface area contributed by atoms with Crippen LogP contribution in [0.15, 0.2) is 55.2 Å². The van der Waals surface area contributed by atoms with Crippen LogP contribution in [0.1, 0.15) is 0 Å². The van der Waals surface area contributed by atoms with Gasteiger partial charge in [0.25, 0.3) is 0 Å². The van der Waals surface area contributed by atoms with E-state index >= 15 is 0 Å². The summed E-state index contributed by atoms with van der Waals surface area (Å²) in [6, 6.07) is 12.2. The number of imidazole rings is 1. The Hall–Kier alpha value is -2.75. The number of aromatic amines is 1. The number of nitrogens with one attached hydrogen (secondary N) is 1. The molecule has 0 aliphatic heterocycles. The molecule has 90 valence electrons. The summed E-state index contributed by atoms with van der Waals surface area (Å²) in [5, 5.41) is 1.04. The minimum absolute atomic E-state index is 0.944. The standard InChI is InChI=1S/C15H10N4/c1-3-10(12-7-16-8-17-13(12)5-1)11-4-2-6-14-15(11)19-9-18-14/h1-9H,(H,18,19). The van der Waals surface area contributed by atoms with Crippen LogP contribution in [0.2, 0.25) is 0 Å². The van der Waals surface area contributed by atoms with E-state index < -0.39 is 0 Å². The normalized spacial score (nSPS) is 11.2. The second-order valence-corrected chi connectivity index (χ2v) is 4.37. The minimum atomic E-state index is 0.944. The van der Waals surface area contributed by atoms with Crippen LogP contribution >= 0.6 is 0 Å². The molecule has 4 nitrogen and oxygen atoms in total. The Bertz CT molecular complexity index is 874. The van der Waals surface area contributed by atoms with Gasteiger partial charge >= 0.3 is 0 Å². The molecule has 0 bridgehead atoms. The largest absolute Gasteiger partial charge is 0.345 e. The summed E-state index contributed by atoms with van der Waals surface area (Å²) in [5.41, 5.74) is 5.15. The van der Waals surface area contributed by atoms with Gasteiger partial charge in [-0.25, -0.2) is 15.0 Å². The molecule has 4 heteroatoms. The number of hydrogen-bond donors (Lipinski definition) is 1. The van der Waals surface area contributed by atoms with E-state index in [1.54, 1.807) is 12.7 Å². The Morgan fingerprint density at radius 3 is 2.79 bits per heavy atom. The fourth-order valence-electron chi connectivity index (χ4n) is 2.42. The number of H-pyrrole nitrogens is 1. The molecule has 0 unspecified atom stereocenters. The Labute approximate surface area is 109 Å². The first-order valence-electron chi connectivity index (χ1n) is 6.05. The van der Waals surface area contributed by atoms with Crippen LogP contribution in [-0.2, 0) is 0 Å². The Morgan fingerprint density at radius 2 is 1.79 bits per heavy atom. The van der Waals surface area contributed by atoms with E-state index in [0.717, 1.165) is 33.1 Å². The highest BCUT2D eigenvalue weighted by Gasteiger charge is 2.09.